The van der Waals surface area contributed by atoms with Gasteiger partial charge in [-0.3, -0.25) is 9.10 Å². The van der Waals surface area contributed by atoms with Gasteiger partial charge < -0.3 is 14.8 Å². The van der Waals surface area contributed by atoms with E-state index in [2.05, 4.69) is 12.2 Å². The van der Waals surface area contributed by atoms with Crippen molar-refractivity contribution in [3.05, 3.63) is 83.9 Å². The Kier molecular flexibility index (Phi) is 9.14. The van der Waals surface area contributed by atoms with Crippen molar-refractivity contribution in [2.45, 2.75) is 31.6 Å². The number of aryl methyl sites for hydroxylation is 2. The maximum atomic E-state index is 13.5. The molecule has 0 spiro atoms. The molecule has 3 rings (SSSR count). The fourth-order valence-corrected chi connectivity index (χ4v) is 4.99. The standard InChI is InChI=1S/C27H32N2O5S/c1-4-7-22-12-14-23(15-13-22)34-19-18-28-27(30)20-29(25-8-5-6-9-26(25)33-3)35(31,32)24-16-10-21(2)11-17-24/h5-6,8-17H,4,7,18-20H2,1-3H3,(H,28,30). The third-order valence-corrected chi connectivity index (χ3v) is 7.18. The fourth-order valence-electron chi connectivity index (χ4n) is 3.56. The van der Waals surface area contributed by atoms with Gasteiger partial charge in [-0.25, -0.2) is 8.42 Å². The zero-order valence-electron chi connectivity index (χ0n) is 20.4. The van der Waals surface area contributed by atoms with Crippen molar-refractivity contribution in [2.24, 2.45) is 0 Å². The van der Waals surface area contributed by atoms with Crippen LogP contribution >= 0.6 is 0 Å². The van der Waals surface area contributed by atoms with Crippen molar-refractivity contribution in [1.82, 2.24) is 5.32 Å². The number of para-hydroxylation sites is 2. The summed E-state index contributed by atoms with van der Waals surface area (Å²) in [5, 5.41) is 2.74. The first-order valence-corrected chi connectivity index (χ1v) is 13.0. The van der Waals surface area contributed by atoms with Crippen LogP contribution in [0.15, 0.2) is 77.7 Å². The number of ether oxygens (including phenoxy) is 2. The number of rotatable bonds is 12. The lowest BCUT2D eigenvalue weighted by atomic mass is 10.1. The largest absolute Gasteiger partial charge is 0.495 e. The Bertz CT molecular complexity index is 1210. The first-order chi connectivity index (χ1) is 16.8. The van der Waals surface area contributed by atoms with Crippen molar-refractivity contribution in [3.63, 3.8) is 0 Å². The summed E-state index contributed by atoms with van der Waals surface area (Å²) >= 11 is 0. The lowest BCUT2D eigenvalue weighted by molar-refractivity contribution is -0.119. The minimum Gasteiger partial charge on any atom is -0.495 e. The van der Waals surface area contributed by atoms with Gasteiger partial charge in [0, 0.05) is 0 Å². The second-order valence-electron chi connectivity index (χ2n) is 8.09. The molecule has 0 saturated carbocycles. The highest BCUT2D eigenvalue weighted by Gasteiger charge is 2.29. The second kappa shape index (κ2) is 12.3. The summed E-state index contributed by atoms with van der Waals surface area (Å²) in [5.41, 5.74) is 2.47. The molecule has 0 saturated heterocycles. The summed E-state index contributed by atoms with van der Waals surface area (Å²) in [6.45, 7) is 4.11. The number of amides is 1. The van der Waals surface area contributed by atoms with Gasteiger partial charge in [-0.2, -0.15) is 0 Å². The van der Waals surface area contributed by atoms with E-state index in [-0.39, 0.29) is 23.7 Å². The number of hydrogen-bond donors (Lipinski definition) is 1. The van der Waals surface area contributed by atoms with Gasteiger partial charge in [0.2, 0.25) is 5.91 Å². The fraction of sp³-hybridized carbons (Fsp3) is 0.296. The zero-order valence-corrected chi connectivity index (χ0v) is 21.2. The molecule has 0 fully saturated rings. The third-order valence-electron chi connectivity index (χ3n) is 5.41. The van der Waals surface area contributed by atoms with Crippen molar-refractivity contribution in [2.75, 3.05) is 31.1 Å². The van der Waals surface area contributed by atoms with Crippen LogP contribution in [0.1, 0.15) is 24.5 Å². The van der Waals surface area contributed by atoms with Crippen LogP contribution in [0.4, 0.5) is 5.69 Å². The molecule has 8 heteroatoms. The predicted molar refractivity (Wildman–Crippen MR) is 138 cm³/mol. The lowest BCUT2D eigenvalue weighted by Crippen LogP contribution is -2.42. The van der Waals surface area contributed by atoms with Crippen LogP contribution in [0.5, 0.6) is 11.5 Å². The van der Waals surface area contributed by atoms with Gasteiger partial charge in [-0.15, -0.1) is 0 Å². The first kappa shape index (κ1) is 26.1. The average molecular weight is 497 g/mol. The number of sulfonamides is 1. The summed E-state index contributed by atoms with van der Waals surface area (Å²) in [7, 11) is -2.56. The summed E-state index contributed by atoms with van der Waals surface area (Å²) < 4.78 is 39.1. The minimum absolute atomic E-state index is 0.0941. The zero-order chi connectivity index (χ0) is 25.3. The molecule has 0 heterocycles. The molecule has 0 atom stereocenters. The van der Waals surface area contributed by atoms with E-state index in [1.807, 2.05) is 31.2 Å². The van der Waals surface area contributed by atoms with E-state index in [9.17, 15) is 13.2 Å². The van der Waals surface area contributed by atoms with E-state index in [1.165, 1.54) is 24.8 Å². The first-order valence-electron chi connectivity index (χ1n) is 11.6. The molecular weight excluding hydrogens is 464 g/mol. The van der Waals surface area contributed by atoms with Gasteiger partial charge in [0.1, 0.15) is 24.7 Å². The molecule has 35 heavy (non-hydrogen) atoms. The summed E-state index contributed by atoms with van der Waals surface area (Å²) in [6.07, 6.45) is 2.10. The average Bonchev–Trinajstić information content (AvgIpc) is 2.86. The number of carbonyl (C=O) groups is 1. The summed E-state index contributed by atoms with van der Waals surface area (Å²) in [6, 6.07) is 21.1. The molecule has 1 amide bonds. The van der Waals surface area contributed by atoms with E-state index >= 15 is 0 Å². The van der Waals surface area contributed by atoms with Crippen molar-refractivity contribution in [1.29, 1.82) is 0 Å². The number of nitrogens with one attached hydrogen (secondary N) is 1. The highest BCUT2D eigenvalue weighted by atomic mass is 32.2. The Morgan fingerprint density at radius 1 is 0.971 bits per heavy atom. The monoisotopic (exact) mass is 496 g/mol. The van der Waals surface area contributed by atoms with Crippen LogP contribution in [0, 0.1) is 6.92 Å². The van der Waals surface area contributed by atoms with E-state index in [1.54, 1.807) is 36.4 Å². The van der Waals surface area contributed by atoms with Crippen LogP contribution in [-0.4, -0.2) is 41.1 Å². The van der Waals surface area contributed by atoms with E-state index in [0.717, 1.165) is 28.5 Å². The molecular formula is C27H32N2O5S. The van der Waals surface area contributed by atoms with Crippen molar-refractivity contribution < 1.29 is 22.7 Å². The van der Waals surface area contributed by atoms with E-state index < -0.39 is 22.5 Å². The van der Waals surface area contributed by atoms with Crippen LogP contribution in [0.2, 0.25) is 0 Å². The summed E-state index contributed by atoms with van der Waals surface area (Å²) in [4.78, 5) is 12.9. The molecule has 0 aliphatic heterocycles. The van der Waals surface area contributed by atoms with Crippen LogP contribution in [-0.2, 0) is 21.2 Å². The maximum absolute atomic E-state index is 13.5. The molecule has 186 valence electrons. The molecule has 3 aromatic rings. The van der Waals surface area contributed by atoms with Gasteiger partial charge in [-0.05, 0) is 55.3 Å². The molecule has 7 nitrogen and oxygen atoms in total. The second-order valence-corrected chi connectivity index (χ2v) is 9.95. The minimum atomic E-state index is -4.02. The molecule has 0 unspecified atom stereocenters. The van der Waals surface area contributed by atoms with Gasteiger partial charge in [0.25, 0.3) is 10.0 Å². The Hall–Kier alpha value is -3.52. The molecule has 0 aliphatic carbocycles. The van der Waals surface area contributed by atoms with Crippen molar-refractivity contribution in [3.8, 4) is 11.5 Å². The number of hydrogen-bond acceptors (Lipinski definition) is 5. The quantitative estimate of drug-likeness (QED) is 0.377. The molecule has 1 N–H and O–H groups in total. The Balaban J connectivity index is 1.69. The van der Waals surface area contributed by atoms with E-state index in [4.69, 9.17) is 9.47 Å². The highest BCUT2D eigenvalue weighted by Crippen LogP contribution is 2.32. The molecule has 0 aromatic heterocycles. The van der Waals surface area contributed by atoms with Crippen molar-refractivity contribution >= 4 is 21.6 Å². The smallest absolute Gasteiger partial charge is 0.264 e. The lowest BCUT2D eigenvalue weighted by Gasteiger charge is -2.25. The molecule has 0 radical (unpaired) electrons. The van der Waals surface area contributed by atoms with Gasteiger partial charge in [0.15, 0.2) is 0 Å². The highest BCUT2D eigenvalue weighted by molar-refractivity contribution is 7.92. The predicted octanol–water partition coefficient (Wildman–Crippen LogP) is 4.35. The van der Waals surface area contributed by atoms with Crippen LogP contribution in [0.25, 0.3) is 0 Å². The van der Waals surface area contributed by atoms with Gasteiger partial charge in [-0.1, -0.05) is 55.3 Å². The molecule has 0 aliphatic rings. The number of nitrogens with zero attached hydrogens (tertiary/aromatic N) is 1. The molecule has 3 aromatic carbocycles. The Labute approximate surface area is 207 Å². The third kappa shape index (κ3) is 6.99. The molecule has 0 bridgehead atoms. The SMILES string of the molecule is CCCc1ccc(OCCNC(=O)CN(c2ccccc2OC)S(=O)(=O)c2ccc(C)cc2)cc1. The number of methoxy groups -OCH3 is 1. The van der Waals surface area contributed by atoms with Crippen LogP contribution in [0.3, 0.4) is 0 Å². The van der Waals surface area contributed by atoms with E-state index in [0.29, 0.717) is 5.75 Å². The Morgan fingerprint density at radius 2 is 1.66 bits per heavy atom. The number of anilines is 1. The Morgan fingerprint density at radius 3 is 2.31 bits per heavy atom. The number of benzene rings is 3. The summed E-state index contributed by atoms with van der Waals surface area (Å²) in [5.74, 6) is 0.621. The maximum Gasteiger partial charge on any atom is 0.264 e. The van der Waals surface area contributed by atoms with Crippen LogP contribution < -0.4 is 19.1 Å². The normalized spacial score (nSPS) is 11.1. The topological polar surface area (TPSA) is 84.9 Å². The van der Waals surface area contributed by atoms with Gasteiger partial charge >= 0.3 is 0 Å². The van der Waals surface area contributed by atoms with Gasteiger partial charge in [0.05, 0.1) is 24.2 Å². The number of carbonyl (C=O) groups excluding carboxylic acids is 1.